The number of halogens is 2. The van der Waals surface area contributed by atoms with Crippen molar-refractivity contribution in [2.45, 2.75) is 51.9 Å². The Bertz CT molecular complexity index is 325. The molecule has 18 heavy (non-hydrogen) atoms. The molecule has 0 spiro atoms. The molecule has 1 aromatic rings. The highest BCUT2D eigenvalue weighted by Crippen LogP contribution is 2.20. The van der Waals surface area contributed by atoms with Crippen molar-refractivity contribution >= 4 is 27.5 Å². The van der Waals surface area contributed by atoms with Crippen LogP contribution in [-0.2, 0) is 6.42 Å². The molecule has 0 radical (unpaired) electrons. The molecule has 0 bridgehead atoms. The van der Waals surface area contributed by atoms with E-state index in [-0.39, 0.29) is 0 Å². The van der Waals surface area contributed by atoms with Gasteiger partial charge in [-0.05, 0) is 36.5 Å². The van der Waals surface area contributed by atoms with Crippen LogP contribution in [0.2, 0.25) is 0 Å². The third-order valence-corrected chi connectivity index (χ3v) is 4.28. The quantitative estimate of drug-likeness (QED) is 0.373. The second-order valence-corrected chi connectivity index (χ2v) is 6.28. The van der Waals surface area contributed by atoms with Crippen LogP contribution in [0.15, 0.2) is 28.7 Å². The van der Waals surface area contributed by atoms with Gasteiger partial charge in [0.2, 0.25) is 0 Å². The molecular weight excluding hydrogens is 308 g/mol. The molecule has 0 saturated heterocycles. The number of hydrogen-bond acceptors (Lipinski definition) is 0. The van der Waals surface area contributed by atoms with Gasteiger partial charge in [-0.3, -0.25) is 0 Å². The Hall–Kier alpha value is -0.0100. The first kappa shape index (κ1) is 16.0. The normalized spacial score (nSPS) is 12.6. The van der Waals surface area contributed by atoms with E-state index in [9.17, 15) is 0 Å². The van der Waals surface area contributed by atoms with Crippen LogP contribution in [-0.4, -0.2) is 5.88 Å². The largest absolute Gasteiger partial charge is 0.126 e. The van der Waals surface area contributed by atoms with Gasteiger partial charge in [-0.2, -0.15) is 0 Å². The standard InChI is InChI=1S/C16H24BrCl/c1-2-3-4-5-6-8-15(13-18)11-14-9-7-10-16(17)12-14/h7,9-10,12,15H,2-6,8,11,13H2,1H3. The third-order valence-electron chi connectivity index (χ3n) is 3.35. The zero-order chi connectivity index (χ0) is 13.2. The van der Waals surface area contributed by atoms with E-state index in [0.29, 0.717) is 5.92 Å². The van der Waals surface area contributed by atoms with E-state index in [4.69, 9.17) is 11.6 Å². The van der Waals surface area contributed by atoms with Gasteiger partial charge in [0.15, 0.2) is 0 Å². The summed E-state index contributed by atoms with van der Waals surface area (Å²) in [5.74, 6) is 1.41. The Morgan fingerprint density at radius 3 is 2.61 bits per heavy atom. The maximum absolute atomic E-state index is 6.09. The van der Waals surface area contributed by atoms with Gasteiger partial charge < -0.3 is 0 Å². The third kappa shape index (κ3) is 6.80. The van der Waals surface area contributed by atoms with Crippen molar-refractivity contribution in [2.24, 2.45) is 5.92 Å². The van der Waals surface area contributed by atoms with Crippen molar-refractivity contribution < 1.29 is 0 Å². The van der Waals surface area contributed by atoms with Gasteiger partial charge in [-0.1, -0.05) is 67.1 Å². The molecule has 0 N–H and O–H groups in total. The van der Waals surface area contributed by atoms with Gasteiger partial charge in [-0.25, -0.2) is 0 Å². The summed E-state index contributed by atoms with van der Waals surface area (Å²) in [5.41, 5.74) is 1.39. The van der Waals surface area contributed by atoms with Gasteiger partial charge in [-0.15, -0.1) is 11.6 Å². The van der Waals surface area contributed by atoms with Crippen LogP contribution in [0.5, 0.6) is 0 Å². The summed E-state index contributed by atoms with van der Waals surface area (Å²) in [6.45, 7) is 2.26. The summed E-state index contributed by atoms with van der Waals surface area (Å²) < 4.78 is 1.16. The molecule has 0 aliphatic rings. The molecule has 1 atom stereocenters. The predicted molar refractivity (Wildman–Crippen MR) is 85.4 cm³/mol. The highest BCUT2D eigenvalue weighted by molar-refractivity contribution is 9.10. The first-order valence-corrected chi connectivity index (χ1v) is 8.39. The summed E-state index contributed by atoms with van der Waals surface area (Å²) in [4.78, 5) is 0. The van der Waals surface area contributed by atoms with E-state index in [1.54, 1.807) is 0 Å². The van der Waals surface area contributed by atoms with Crippen molar-refractivity contribution in [1.29, 1.82) is 0 Å². The summed E-state index contributed by atoms with van der Waals surface area (Å²) in [6.07, 6.45) is 9.12. The van der Waals surface area contributed by atoms with Crippen LogP contribution in [0, 0.1) is 5.92 Å². The first-order valence-electron chi connectivity index (χ1n) is 7.06. The molecule has 1 unspecified atom stereocenters. The van der Waals surface area contributed by atoms with Gasteiger partial charge >= 0.3 is 0 Å². The van der Waals surface area contributed by atoms with E-state index in [2.05, 4.69) is 47.1 Å². The van der Waals surface area contributed by atoms with Crippen LogP contribution in [0.1, 0.15) is 51.0 Å². The number of rotatable bonds is 9. The Morgan fingerprint density at radius 2 is 1.94 bits per heavy atom. The Kier molecular flexibility index (Phi) is 8.79. The molecule has 0 amide bonds. The smallest absolute Gasteiger partial charge is 0.0254 e. The molecule has 2 heteroatoms. The van der Waals surface area contributed by atoms with E-state index in [1.807, 2.05) is 0 Å². The summed E-state index contributed by atoms with van der Waals surface area (Å²) in [5, 5.41) is 0. The summed E-state index contributed by atoms with van der Waals surface area (Å²) in [7, 11) is 0. The van der Waals surface area contributed by atoms with Gasteiger partial charge in [0.1, 0.15) is 0 Å². The molecule has 102 valence electrons. The van der Waals surface area contributed by atoms with Crippen LogP contribution in [0.3, 0.4) is 0 Å². The van der Waals surface area contributed by atoms with Crippen molar-refractivity contribution in [3.63, 3.8) is 0 Å². The van der Waals surface area contributed by atoms with Crippen molar-refractivity contribution in [2.75, 3.05) is 5.88 Å². The molecule has 0 aliphatic carbocycles. The molecule has 0 aromatic heterocycles. The zero-order valence-electron chi connectivity index (χ0n) is 11.3. The fraction of sp³-hybridized carbons (Fsp3) is 0.625. The van der Waals surface area contributed by atoms with Crippen molar-refractivity contribution in [3.05, 3.63) is 34.3 Å². The van der Waals surface area contributed by atoms with Crippen molar-refractivity contribution in [1.82, 2.24) is 0 Å². The number of alkyl halides is 1. The summed E-state index contributed by atoms with van der Waals surface area (Å²) >= 11 is 9.61. The Labute approximate surface area is 125 Å². The average molecular weight is 332 g/mol. The minimum atomic E-state index is 0.627. The lowest BCUT2D eigenvalue weighted by atomic mass is 9.95. The lowest BCUT2D eigenvalue weighted by molar-refractivity contribution is 0.488. The lowest BCUT2D eigenvalue weighted by Crippen LogP contribution is -2.06. The monoisotopic (exact) mass is 330 g/mol. The maximum atomic E-state index is 6.09. The highest BCUT2D eigenvalue weighted by atomic mass is 79.9. The highest BCUT2D eigenvalue weighted by Gasteiger charge is 2.08. The fourth-order valence-corrected chi connectivity index (χ4v) is 2.98. The molecular formula is C16H24BrCl. The minimum absolute atomic E-state index is 0.627. The first-order chi connectivity index (χ1) is 8.76. The number of hydrogen-bond donors (Lipinski definition) is 0. The molecule has 0 aliphatic heterocycles. The zero-order valence-corrected chi connectivity index (χ0v) is 13.6. The SMILES string of the molecule is CCCCCCCC(CCl)Cc1cccc(Br)c1. The lowest BCUT2D eigenvalue weighted by Gasteiger charge is -2.14. The maximum Gasteiger partial charge on any atom is 0.0254 e. The van der Waals surface area contributed by atoms with Crippen LogP contribution in [0.4, 0.5) is 0 Å². The molecule has 0 saturated carbocycles. The minimum Gasteiger partial charge on any atom is -0.126 e. The van der Waals surface area contributed by atoms with Gasteiger partial charge in [0.05, 0.1) is 0 Å². The average Bonchev–Trinajstić information content (AvgIpc) is 2.37. The second-order valence-electron chi connectivity index (χ2n) is 5.06. The van der Waals surface area contributed by atoms with E-state index >= 15 is 0 Å². The molecule has 0 nitrogen and oxygen atoms in total. The van der Waals surface area contributed by atoms with E-state index in [1.165, 1.54) is 44.1 Å². The van der Waals surface area contributed by atoms with Gasteiger partial charge in [0, 0.05) is 10.4 Å². The Morgan fingerprint density at radius 1 is 1.17 bits per heavy atom. The van der Waals surface area contributed by atoms with Crippen molar-refractivity contribution in [3.8, 4) is 0 Å². The second kappa shape index (κ2) is 9.86. The number of unbranched alkanes of at least 4 members (excludes halogenated alkanes) is 4. The molecule has 0 heterocycles. The Balaban J connectivity index is 2.28. The van der Waals surface area contributed by atoms with Crippen LogP contribution < -0.4 is 0 Å². The molecule has 0 fully saturated rings. The topological polar surface area (TPSA) is 0 Å². The number of benzene rings is 1. The van der Waals surface area contributed by atoms with E-state index < -0.39 is 0 Å². The fourth-order valence-electron chi connectivity index (χ4n) is 2.27. The van der Waals surface area contributed by atoms with Gasteiger partial charge in [0.25, 0.3) is 0 Å². The van der Waals surface area contributed by atoms with Crippen LogP contribution in [0.25, 0.3) is 0 Å². The molecule has 1 aromatic carbocycles. The molecule has 1 rings (SSSR count). The summed E-state index contributed by atoms with van der Waals surface area (Å²) in [6, 6.07) is 8.58. The van der Waals surface area contributed by atoms with Crippen LogP contribution >= 0.6 is 27.5 Å². The predicted octanol–water partition coefficient (Wildman–Crippen LogP) is 6.21. The van der Waals surface area contributed by atoms with E-state index in [0.717, 1.165) is 16.8 Å².